The van der Waals surface area contributed by atoms with E-state index in [9.17, 15) is 13.4 Å². The van der Waals surface area contributed by atoms with Crippen molar-refractivity contribution in [3.63, 3.8) is 0 Å². The molecule has 0 aliphatic heterocycles. The molecule has 1 atom stereocenters. The summed E-state index contributed by atoms with van der Waals surface area (Å²) in [5.41, 5.74) is 1.12. The Bertz CT molecular complexity index is 1060. The molecule has 148 valence electrons. The number of nitriles is 1. The number of rotatable bonds is 7. The van der Waals surface area contributed by atoms with Crippen molar-refractivity contribution >= 4 is 22.6 Å². The van der Waals surface area contributed by atoms with E-state index in [0.29, 0.717) is 11.5 Å². The Labute approximate surface area is 169 Å². The number of urea groups is 1. The molecule has 0 aliphatic rings. The van der Waals surface area contributed by atoms with Gasteiger partial charge in [-0.1, -0.05) is 36.4 Å². The molecule has 9 heteroatoms. The van der Waals surface area contributed by atoms with Crippen LogP contribution >= 0.6 is 0 Å². The minimum absolute atomic E-state index is 0.132. The summed E-state index contributed by atoms with van der Waals surface area (Å²) in [5.74, 6) is 0.354. The van der Waals surface area contributed by atoms with Gasteiger partial charge in [-0.3, -0.25) is 9.53 Å². The lowest BCUT2D eigenvalue weighted by Crippen LogP contribution is -2.32. The zero-order chi connectivity index (χ0) is 20.6. The second kappa shape index (κ2) is 9.61. The number of halogens is 1. The molecule has 1 heterocycles. The number of aromatic nitrogens is 2. The fourth-order valence-electron chi connectivity index (χ4n) is 2.61. The number of hydrogen-bond donors (Lipinski definition) is 2. The van der Waals surface area contributed by atoms with Crippen molar-refractivity contribution in [3.8, 4) is 11.8 Å². The zero-order valence-corrected chi connectivity index (χ0v) is 16.2. The zero-order valence-electron chi connectivity index (χ0n) is 15.3. The number of nitrogens with one attached hydrogen (secondary N) is 2. The summed E-state index contributed by atoms with van der Waals surface area (Å²) in [6.45, 7) is 0.245. The van der Waals surface area contributed by atoms with Gasteiger partial charge in [0.2, 0.25) is 0 Å². The molecule has 1 aromatic heterocycles. The van der Waals surface area contributed by atoms with Gasteiger partial charge < -0.3 is 5.32 Å². The predicted molar refractivity (Wildman–Crippen MR) is 108 cm³/mol. The van der Waals surface area contributed by atoms with Crippen LogP contribution in [-0.4, -0.2) is 32.3 Å². The van der Waals surface area contributed by atoms with E-state index in [1.54, 1.807) is 12.1 Å². The van der Waals surface area contributed by atoms with Crippen molar-refractivity contribution in [2.45, 2.75) is 5.75 Å². The lowest BCUT2D eigenvalue weighted by atomic mass is 10.2. The van der Waals surface area contributed by atoms with Gasteiger partial charge in [-0.05, 0) is 17.7 Å². The normalized spacial score (nSPS) is 11.4. The van der Waals surface area contributed by atoms with Crippen molar-refractivity contribution in [2.75, 3.05) is 17.6 Å². The fraction of sp³-hybridized carbons (Fsp3) is 0.150. The molecule has 3 rings (SSSR count). The number of carbonyl (C=O) groups is 1. The van der Waals surface area contributed by atoms with Crippen LogP contribution in [-0.2, 0) is 16.6 Å². The van der Waals surface area contributed by atoms with Crippen LogP contribution in [0.25, 0.3) is 5.69 Å². The van der Waals surface area contributed by atoms with Crippen LogP contribution in [0.5, 0.6) is 0 Å². The minimum atomic E-state index is -1.09. The van der Waals surface area contributed by atoms with E-state index in [-0.39, 0.29) is 23.6 Å². The van der Waals surface area contributed by atoms with Gasteiger partial charge >= 0.3 is 6.03 Å². The number of anilines is 1. The summed E-state index contributed by atoms with van der Waals surface area (Å²) in [7, 11) is -1.09. The predicted octanol–water partition coefficient (Wildman–Crippen LogP) is 2.95. The molecule has 0 bridgehead atoms. The first-order valence-corrected chi connectivity index (χ1v) is 10.2. The summed E-state index contributed by atoms with van der Waals surface area (Å²) in [6.07, 6.45) is 1.51. The van der Waals surface area contributed by atoms with Crippen molar-refractivity contribution in [1.29, 1.82) is 5.26 Å². The van der Waals surface area contributed by atoms with Gasteiger partial charge in [0.25, 0.3) is 0 Å². The number of nitrogens with zero attached hydrogens (tertiary/aromatic N) is 3. The smallest absolute Gasteiger partial charge is 0.320 e. The Hall–Kier alpha value is -3.51. The number of amides is 2. The first-order valence-electron chi connectivity index (χ1n) is 8.75. The van der Waals surface area contributed by atoms with Crippen molar-refractivity contribution < 1.29 is 13.4 Å². The maximum Gasteiger partial charge on any atom is 0.320 e. The van der Waals surface area contributed by atoms with E-state index < -0.39 is 22.6 Å². The molecular weight excluding hydrogens is 393 g/mol. The lowest BCUT2D eigenvalue weighted by molar-refractivity contribution is 0.252. The molecule has 0 aliphatic carbocycles. The van der Waals surface area contributed by atoms with Gasteiger partial charge in [0.1, 0.15) is 17.4 Å². The Morgan fingerprint density at radius 2 is 1.97 bits per heavy atom. The van der Waals surface area contributed by atoms with Gasteiger partial charge in [-0.25, -0.2) is 13.9 Å². The number of carbonyl (C=O) groups excluding carboxylic acids is 1. The second-order valence-electron chi connectivity index (χ2n) is 6.05. The molecule has 1 unspecified atom stereocenters. The van der Waals surface area contributed by atoms with Crippen molar-refractivity contribution in [1.82, 2.24) is 15.1 Å². The topological polar surface area (TPSA) is 99.8 Å². The number of benzene rings is 2. The third-order valence-electron chi connectivity index (χ3n) is 3.97. The Kier molecular flexibility index (Phi) is 6.71. The lowest BCUT2D eigenvalue weighted by Gasteiger charge is -2.07. The highest BCUT2D eigenvalue weighted by Crippen LogP contribution is 2.17. The standard InChI is InChI=1S/C20H18FN5O2S/c21-17-7-4-8-18(16(17)13-22)26-11-9-19(25-26)24-20(27)23-10-12-29(28)14-15-5-2-1-3-6-15/h1-9,11H,10,12,14H2,(H2,23,24,25,27). The highest BCUT2D eigenvalue weighted by Gasteiger charge is 2.12. The van der Waals surface area contributed by atoms with Crippen LogP contribution in [0.3, 0.4) is 0 Å². The SMILES string of the molecule is N#Cc1c(F)cccc1-n1ccc(NC(=O)NCCS(=O)Cc2ccccc2)n1. The van der Waals surface area contributed by atoms with Crippen LogP contribution in [0, 0.1) is 17.1 Å². The van der Waals surface area contributed by atoms with E-state index in [1.807, 2.05) is 30.3 Å². The van der Waals surface area contributed by atoms with Crippen LogP contribution in [0.4, 0.5) is 15.0 Å². The van der Waals surface area contributed by atoms with Gasteiger partial charge in [0.15, 0.2) is 5.82 Å². The van der Waals surface area contributed by atoms with E-state index in [0.717, 1.165) is 5.56 Å². The van der Waals surface area contributed by atoms with Crippen molar-refractivity contribution in [3.05, 3.63) is 77.7 Å². The third kappa shape index (κ3) is 5.49. The molecule has 29 heavy (non-hydrogen) atoms. The molecule has 0 radical (unpaired) electrons. The fourth-order valence-corrected chi connectivity index (χ4v) is 3.65. The average Bonchev–Trinajstić information content (AvgIpc) is 3.16. The quantitative estimate of drug-likeness (QED) is 0.624. The maximum absolute atomic E-state index is 13.7. The molecule has 2 aromatic carbocycles. The molecule has 3 aromatic rings. The number of hydrogen-bond acceptors (Lipinski definition) is 4. The van der Waals surface area contributed by atoms with Gasteiger partial charge in [0.05, 0.1) is 5.69 Å². The highest BCUT2D eigenvalue weighted by atomic mass is 32.2. The largest absolute Gasteiger partial charge is 0.337 e. The van der Waals surface area contributed by atoms with Gasteiger partial charge in [0, 0.05) is 41.1 Å². The summed E-state index contributed by atoms with van der Waals surface area (Å²) in [4.78, 5) is 12.0. The van der Waals surface area contributed by atoms with Gasteiger partial charge in [-0.15, -0.1) is 5.10 Å². The second-order valence-corrected chi connectivity index (χ2v) is 7.62. The van der Waals surface area contributed by atoms with Crippen LogP contribution in [0.2, 0.25) is 0 Å². The summed E-state index contributed by atoms with van der Waals surface area (Å²) < 4.78 is 27.1. The van der Waals surface area contributed by atoms with Crippen molar-refractivity contribution in [2.24, 2.45) is 0 Å². The minimum Gasteiger partial charge on any atom is -0.337 e. The molecule has 2 amide bonds. The Morgan fingerprint density at radius 3 is 2.72 bits per heavy atom. The Morgan fingerprint density at radius 1 is 1.17 bits per heavy atom. The first-order chi connectivity index (χ1) is 14.1. The van der Waals surface area contributed by atoms with Crippen LogP contribution in [0.15, 0.2) is 60.8 Å². The molecule has 2 N–H and O–H groups in total. The third-order valence-corrected chi connectivity index (χ3v) is 5.28. The van der Waals surface area contributed by atoms with E-state index in [1.165, 1.54) is 29.1 Å². The maximum atomic E-state index is 13.7. The van der Waals surface area contributed by atoms with Crippen LogP contribution in [0.1, 0.15) is 11.1 Å². The van der Waals surface area contributed by atoms with E-state index in [4.69, 9.17) is 5.26 Å². The molecule has 7 nitrogen and oxygen atoms in total. The average molecular weight is 411 g/mol. The molecule has 0 saturated carbocycles. The molecule has 0 fully saturated rings. The molecule has 0 spiro atoms. The van der Waals surface area contributed by atoms with Gasteiger partial charge in [-0.2, -0.15) is 5.26 Å². The first kappa shape index (κ1) is 20.2. The monoisotopic (exact) mass is 411 g/mol. The molecular formula is C20H18FN5O2S. The Balaban J connectivity index is 1.50. The summed E-state index contributed by atoms with van der Waals surface area (Å²) in [5, 5.41) is 18.4. The van der Waals surface area contributed by atoms with E-state index >= 15 is 0 Å². The summed E-state index contributed by atoms with van der Waals surface area (Å²) in [6, 6.07) is 16.6. The van der Waals surface area contributed by atoms with E-state index in [2.05, 4.69) is 15.7 Å². The summed E-state index contributed by atoms with van der Waals surface area (Å²) >= 11 is 0. The molecule has 0 saturated heterocycles. The highest BCUT2D eigenvalue weighted by molar-refractivity contribution is 7.84. The van der Waals surface area contributed by atoms with Crippen LogP contribution < -0.4 is 10.6 Å².